The SMILES string of the molecule is CC(c1ccc2ccccc2c1)N(C)CC1CC(c2ccc(CO)cc2)OC(c2ccc(CNC(=O)CCCCC(=O)O)cc2)O1. The van der Waals surface area contributed by atoms with Gasteiger partial charge in [0.15, 0.2) is 6.29 Å². The number of benzene rings is 4. The van der Waals surface area contributed by atoms with Gasteiger partial charge in [-0.25, -0.2) is 0 Å². The number of aliphatic hydroxyl groups is 1. The molecule has 8 nitrogen and oxygen atoms in total. The van der Waals surface area contributed by atoms with E-state index in [1.54, 1.807) is 0 Å². The Labute approximate surface area is 271 Å². The molecule has 1 fully saturated rings. The number of carbonyl (C=O) groups is 2. The van der Waals surface area contributed by atoms with E-state index in [0.29, 0.717) is 32.2 Å². The average molecular weight is 625 g/mol. The minimum atomic E-state index is -0.841. The molecular weight excluding hydrogens is 580 g/mol. The quantitative estimate of drug-likeness (QED) is 0.132. The van der Waals surface area contributed by atoms with Crippen LogP contribution in [0.25, 0.3) is 10.8 Å². The van der Waals surface area contributed by atoms with E-state index in [0.717, 1.165) is 28.8 Å². The third-order valence-electron chi connectivity index (χ3n) is 8.81. The Bertz CT molecular complexity index is 1590. The summed E-state index contributed by atoms with van der Waals surface area (Å²) in [7, 11) is 2.13. The molecule has 1 heterocycles. The van der Waals surface area contributed by atoms with Crippen molar-refractivity contribution in [2.75, 3.05) is 13.6 Å². The first-order chi connectivity index (χ1) is 22.3. The zero-order chi connectivity index (χ0) is 32.5. The molecule has 4 atom stereocenters. The molecule has 0 bridgehead atoms. The summed E-state index contributed by atoms with van der Waals surface area (Å²) < 4.78 is 13.1. The zero-order valence-electron chi connectivity index (χ0n) is 26.6. The highest BCUT2D eigenvalue weighted by Crippen LogP contribution is 2.39. The van der Waals surface area contributed by atoms with Gasteiger partial charge >= 0.3 is 5.97 Å². The van der Waals surface area contributed by atoms with E-state index in [4.69, 9.17) is 14.6 Å². The van der Waals surface area contributed by atoms with Crippen molar-refractivity contribution >= 4 is 22.6 Å². The second-order valence-electron chi connectivity index (χ2n) is 12.2. The van der Waals surface area contributed by atoms with Crippen LogP contribution in [0.4, 0.5) is 0 Å². The molecule has 242 valence electrons. The largest absolute Gasteiger partial charge is 0.481 e. The summed E-state index contributed by atoms with van der Waals surface area (Å²) in [4.78, 5) is 25.2. The van der Waals surface area contributed by atoms with Crippen LogP contribution in [0.1, 0.15) is 85.3 Å². The lowest BCUT2D eigenvalue weighted by Gasteiger charge is -2.39. The van der Waals surface area contributed by atoms with E-state index < -0.39 is 12.3 Å². The molecule has 1 amide bonds. The lowest BCUT2D eigenvalue weighted by atomic mass is 9.98. The number of carboxylic acid groups (broad SMARTS) is 1. The van der Waals surface area contributed by atoms with Crippen LogP contribution in [0, 0.1) is 0 Å². The van der Waals surface area contributed by atoms with Crippen LogP contribution in [0.5, 0.6) is 0 Å². The fraction of sp³-hybridized carbons (Fsp3) is 0.368. The third-order valence-corrected chi connectivity index (χ3v) is 8.81. The number of carbonyl (C=O) groups excluding carboxylic acids is 1. The maximum Gasteiger partial charge on any atom is 0.303 e. The van der Waals surface area contributed by atoms with Crippen LogP contribution in [-0.4, -0.2) is 46.7 Å². The monoisotopic (exact) mass is 624 g/mol. The summed E-state index contributed by atoms with van der Waals surface area (Å²) in [5, 5.41) is 23.7. The van der Waals surface area contributed by atoms with Gasteiger partial charge < -0.3 is 25.0 Å². The van der Waals surface area contributed by atoms with Crippen LogP contribution in [-0.2, 0) is 32.2 Å². The highest BCUT2D eigenvalue weighted by molar-refractivity contribution is 5.83. The van der Waals surface area contributed by atoms with Crippen LogP contribution >= 0.6 is 0 Å². The number of aliphatic carboxylic acids is 1. The summed E-state index contributed by atoms with van der Waals surface area (Å²) >= 11 is 0. The number of nitrogens with one attached hydrogen (secondary N) is 1. The molecular formula is C38H44N2O6. The van der Waals surface area contributed by atoms with Crippen molar-refractivity contribution in [2.45, 2.75) is 76.7 Å². The summed E-state index contributed by atoms with van der Waals surface area (Å²) in [6.45, 7) is 3.33. The summed E-state index contributed by atoms with van der Waals surface area (Å²) in [6.07, 6.45) is 1.29. The van der Waals surface area contributed by atoms with Gasteiger partial charge in [-0.15, -0.1) is 0 Å². The molecule has 0 radical (unpaired) electrons. The number of fused-ring (bicyclic) bond motifs is 1. The molecule has 1 aliphatic heterocycles. The summed E-state index contributed by atoms with van der Waals surface area (Å²) in [6, 6.07) is 31.0. The molecule has 0 saturated carbocycles. The van der Waals surface area contributed by atoms with E-state index in [1.165, 1.54) is 16.3 Å². The van der Waals surface area contributed by atoms with Crippen molar-refractivity contribution in [1.82, 2.24) is 10.2 Å². The minimum absolute atomic E-state index is 0.00482. The summed E-state index contributed by atoms with van der Waals surface area (Å²) in [5.74, 6) is -0.931. The third kappa shape index (κ3) is 9.01. The minimum Gasteiger partial charge on any atom is -0.481 e. The molecule has 4 aromatic carbocycles. The molecule has 5 rings (SSSR count). The molecule has 4 aromatic rings. The van der Waals surface area contributed by atoms with Gasteiger partial charge in [-0.3, -0.25) is 14.5 Å². The first-order valence-corrected chi connectivity index (χ1v) is 16.1. The highest BCUT2D eigenvalue weighted by Gasteiger charge is 2.33. The predicted octanol–water partition coefficient (Wildman–Crippen LogP) is 6.83. The number of aliphatic hydroxyl groups excluding tert-OH is 1. The van der Waals surface area contributed by atoms with Crippen LogP contribution in [0.15, 0.2) is 91.0 Å². The van der Waals surface area contributed by atoms with E-state index in [2.05, 4.69) is 66.7 Å². The molecule has 0 aromatic heterocycles. The van der Waals surface area contributed by atoms with Gasteiger partial charge in [0.1, 0.15) is 0 Å². The Balaban J connectivity index is 1.25. The average Bonchev–Trinajstić information content (AvgIpc) is 3.08. The number of hydrogen-bond donors (Lipinski definition) is 3. The number of carboxylic acids is 1. The smallest absolute Gasteiger partial charge is 0.303 e. The molecule has 0 spiro atoms. The van der Waals surface area contributed by atoms with Crippen molar-refractivity contribution in [3.63, 3.8) is 0 Å². The number of hydrogen-bond acceptors (Lipinski definition) is 6. The first kappa shape index (κ1) is 33.3. The Morgan fingerprint density at radius 1 is 0.870 bits per heavy atom. The zero-order valence-corrected chi connectivity index (χ0v) is 26.6. The Kier molecular flexibility index (Phi) is 11.5. The van der Waals surface area contributed by atoms with Gasteiger partial charge in [-0.05, 0) is 65.9 Å². The van der Waals surface area contributed by atoms with Crippen molar-refractivity contribution in [3.8, 4) is 0 Å². The highest BCUT2D eigenvalue weighted by atomic mass is 16.7. The number of unbranched alkanes of at least 4 members (excludes halogenated alkanes) is 1. The fourth-order valence-corrected chi connectivity index (χ4v) is 5.88. The number of likely N-dealkylation sites (N-methyl/N-ethyl adjacent to an activating group) is 1. The molecule has 1 aliphatic rings. The Hall–Kier alpha value is -4.08. The van der Waals surface area contributed by atoms with E-state index >= 15 is 0 Å². The van der Waals surface area contributed by atoms with E-state index in [1.807, 2.05) is 48.5 Å². The fourth-order valence-electron chi connectivity index (χ4n) is 5.88. The van der Waals surface area contributed by atoms with Gasteiger partial charge in [0.05, 0.1) is 18.8 Å². The standard InChI is InChI=1S/C38H44N2O6/c1-26(32-20-19-29-7-3-4-8-33(29)21-32)40(2)24-34-22-35(30-15-13-28(25-41)14-16-30)46-38(45-34)31-17-11-27(12-18-31)23-39-36(42)9-5-6-10-37(43)44/h3-4,7-8,11-21,26,34-35,38,41H,5-6,9-10,22-25H2,1-2H3,(H,39,42)(H,43,44). The van der Waals surface area contributed by atoms with Crippen molar-refractivity contribution in [2.24, 2.45) is 0 Å². The predicted molar refractivity (Wildman–Crippen MR) is 178 cm³/mol. The maximum absolute atomic E-state index is 12.2. The van der Waals surface area contributed by atoms with E-state index in [-0.39, 0.29) is 37.2 Å². The molecule has 3 N–H and O–H groups in total. The van der Waals surface area contributed by atoms with Crippen LogP contribution in [0.2, 0.25) is 0 Å². The van der Waals surface area contributed by atoms with Crippen molar-refractivity contribution < 1.29 is 29.3 Å². The van der Waals surface area contributed by atoms with Gasteiger partial charge in [-0.1, -0.05) is 84.9 Å². The first-order valence-electron chi connectivity index (χ1n) is 16.1. The van der Waals surface area contributed by atoms with Gasteiger partial charge in [0.25, 0.3) is 0 Å². The molecule has 4 unspecified atom stereocenters. The second kappa shape index (κ2) is 16.0. The number of amides is 1. The van der Waals surface area contributed by atoms with Gasteiger partial charge in [-0.2, -0.15) is 0 Å². The second-order valence-corrected chi connectivity index (χ2v) is 12.2. The lowest BCUT2D eigenvalue weighted by molar-refractivity contribution is -0.253. The molecule has 1 saturated heterocycles. The topological polar surface area (TPSA) is 108 Å². The lowest BCUT2D eigenvalue weighted by Crippen LogP contribution is -2.38. The summed E-state index contributed by atoms with van der Waals surface area (Å²) in [5.41, 5.74) is 5.01. The van der Waals surface area contributed by atoms with Gasteiger partial charge in [0.2, 0.25) is 5.91 Å². The number of nitrogens with zero attached hydrogens (tertiary/aromatic N) is 1. The normalized spacial score (nSPS) is 18.8. The number of rotatable bonds is 14. The van der Waals surface area contributed by atoms with Crippen LogP contribution < -0.4 is 5.32 Å². The molecule has 0 aliphatic carbocycles. The van der Waals surface area contributed by atoms with Crippen LogP contribution in [0.3, 0.4) is 0 Å². The number of ether oxygens (including phenoxy) is 2. The van der Waals surface area contributed by atoms with Gasteiger partial charge in [0, 0.05) is 44.0 Å². The Morgan fingerprint density at radius 2 is 1.54 bits per heavy atom. The maximum atomic E-state index is 12.2. The molecule has 46 heavy (non-hydrogen) atoms. The molecule has 8 heteroatoms. The van der Waals surface area contributed by atoms with Crippen molar-refractivity contribution in [1.29, 1.82) is 0 Å². The Morgan fingerprint density at radius 3 is 2.26 bits per heavy atom. The van der Waals surface area contributed by atoms with Crippen molar-refractivity contribution in [3.05, 3.63) is 119 Å². The van der Waals surface area contributed by atoms with E-state index in [9.17, 15) is 14.7 Å².